The van der Waals surface area contributed by atoms with Crippen molar-refractivity contribution < 1.29 is 9.15 Å². The van der Waals surface area contributed by atoms with Crippen LogP contribution in [0.15, 0.2) is 59.0 Å². The maximum absolute atomic E-state index is 5.81. The van der Waals surface area contributed by atoms with Gasteiger partial charge < -0.3 is 19.8 Å². The number of rotatable bonds is 6. The summed E-state index contributed by atoms with van der Waals surface area (Å²) in [6, 6.07) is 19.2. The molecule has 5 nitrogen and oxygen atoms in total. The smallest absolute Gasteiger partial charge is 0.295 e. The van der Waals surface area contributed by atoms with E-state index in [-0.39, 0.29) is 11.6 Å². The predicted molar refractivity (Wildman–Crippen MR) is 103 cm³/mol. The number of ether oxygens (including phenoxy) is 1. The maximum atomic E-state index is 5.81. The first-order valence-corrected chi connectivity index (χ1v) is 9.24. The minimum atomic E-state index is -0.0475. The van der Waals surface area contributed by atoms with E-state index in [2.05, 4.69) is 52.9 Å². The molecule has 1 fully saturated rings. The zero-order valence-electron chi connectivity index (χ0n) is 15.1. The van der Waals surface area contributed by atoms with Gasteiger partial charge in [-0.2, -0.15) is 4.98 Å². The van der Waals surface area contributed by atoms with Crippen molar-refractivity contribution in [3.63, 3.8) is 0 Å². The van der Waals surface area contributed by atoms with Crippen molar-refractivity contribution in [1.82, 2.24) is 10.3 Å². The second kappa shape index (κ2) is 7.48. The number of benzene rings is 2. The van der Waals surface area contributed by atoms with Crippen molar-refractivity contribution >= 4 is 17.1 Å². The van der Waals surface area contributed by atoms with Crippen LogP contribution in [0.1, 0.15) is 31.4 Å². The van der Waals surface area contributed by atoms with E-state index in [1.165, 1.54) is 5.56 Å². The molecule has 136 valence electrons. The molecule has 3 aromatic rings. The van der Waals surface area contributed by atoms with Gasteiger partial charge in [0.1, 0.15) is 5.52 Å². The van der Waals surface area contributed by atoms with Gasteiger partial charge in [0.05, 0.1) is 0 Å². The number of anilines is 1. The fourth-order valence-corrected chi connectivity index (χ4v) is 3.61. The normalized spacial score (nSPS) is 17.9. The standard InChI is InChI=1S/C21H25N3O2/c1-16(17-7-3-2-4-8-17)24-21(11-13-25-14-12-21)15-22-20-23-18-9-5-6-10-19(18)26-20/h2-10,16,24H,11-15H2,1H3,(H,22,23)/t16-/m1/s1. The largest absolute Gasteiger partial charge is 0.424 e. The van der Waals surface area contributed by atoms with Crippen LogP contribution >= 0.6 is 0 Å². The third-order valence-electron chi connectivity index (χ3n) is 5.14. The molecule has 5 heteroatoms. The molecule has 0 amide bonds. The second-order valence-electron chi connectivity index (χ2n) is 7.01. The zero-order chi connectivity index (χ0) is 17.8. The Morgan fingerprint density at radius 3 is 2.54 bits per heavy atom. The molecule has 2 N–H and O–H groups in total. The van der Waals surface area contributed by atoms with Crippen LogP contribution < -0.4 is 10.6 Å². The lowest BCUT2D eigenvalue weighted by Crippen LogP contribution is -2.54. The molecule has 1 aliphatic rings. The number of nitrogens with one attached hydrogen (secondary N) is 2. The van der Waals surface area contributed by atoms with Crippen molar-refractivity contribution in [3.8, 4) is 0 Å². The molecule has 2 heterocycles. The summed E-state index contributed by atoms with van der Waals surface area (Å²) in [5, 5.41) is 7.25. The van der Waals surface area contributed by atoms with Gasteiger partial charge >= 0.3 is 0 Å². The molecule has 0 spiro atoms. The minimum absolute atomic E-state index is 0.0475. The summed E-state index contributed by atoms with van der Waals surface area (Å²) in [6.45, 7) is 4.50. The number of para-hydroxylation sites is 2. The number of fused-ring (bicyclic) bond motifs is 1. The molecule has 2 aromatic carbocycles. The van der Waals surface area contributed by atoms with Crippen LogP contribution in [-0.4, -0.2) is 30.3 Å². The van der Waals surface area contributed by atoms with E-state index in [4.69, 9.17) is 9.15 Å². The molecule has 0 radical (unpaired) electrons. The highest BCUT2D eigenvalue weighted by molar-refractivity contribution is 5.74. The highest BCUT2D eigenvalue weighted by Crippen LogP contribution is 2.27. The third-order valence-corrected chi connectivity index (χ3v) is 5.14. The molecular formula is C21H25N3O2. The predicted octanol–water partition coefficient (Wildman–Crippen LogP) is 4.14. The Kier molecular flexibility index (Phi) is 4.91. The summed E-state index contributed by atoms with van der Waals surface area (Å²) in [4.78, 5) is 4.53. The van der Waals surface area contributed by atoms with Gasteiger partial charge in [-0.1, -0.05) is 42.5 Å². The third kappa shape index (κ3) is 3.74. The second-order valence-corrected chi connectivity index (χ2v) is 7.01. The lowest BCUT2D eigenvalue weighted by molar-refractivity contribution is 0.0387. The molecule has 1 atom stereocenters. The molecule has 1 aromatic heterocycles. The fraction of sp³-hybridized carbons (Fsp3) is 0.381. The molecular weight excluding hydrogens is 326 g/mol. The Hall–Kier alpha value is -2.37. The zero-order valence-corrected chi connectivity index (χ0v) is 15.1. The first-order chi connectivity index (χ1) is 12.7. The van der Waals surface area contributed by atoms with Crippen molar-refractivity contribution in [3.05, 3.63) is 60.2 Å². The molecule has 4 rings (SSSR count). The Labute approximate surface area is 153 Å². The number of hydrogen-bond donors (Lipinski definition) is 2. The molecule has 1 saturated heterocycles. The lowest BCUT2D eigenvalue weighted by atomic mass is 9.88. The van der Waals surface area contributed by atoms with Crippen LogP contribution in [0, 0.1) is 0 Å². The molecule has 26 heavy (non-hydrogen) atoms. The Balaban J connectivity index is 1.48. The van der Waals surface area contributed by atoms with E-state index < -0.39 is 0 Å². The summed E-state index contributed by atoms with van der Waals surface area (Å²) in [6.07, 6.45) is 1.91. The van der Waals surface area contributed by atoms with E-state index in [1.54, 1.807) is 0 Å². The average molecular weight is 351 g/mol. The van der Waals surface area contributed by atoms with Gasteiger partial charge in [-0.25, -0.2) is 0 Å². The summed E-state index contributed by atoms with van der Waals surface area (Å²) in [5.41, 5.74) is 2.93. The Bertz CT molecular complexity index is 808. The van der Waals surface area contributed by atoms with Crippen molar-refractivity contribution in [1.29, 1.82) is 0 Å². The van der Waals surface area contributed by atoms with E-state index in [1.807, 2.05) is 24.3 Å². The number of oxazole rings is 1. The van der Waals surface area contributed by atoms with Crippen molar-refractivity contribution in [2.75, 3.05) is 25.1 Å². The Morgan fingerprint density at radius 2 is 1.77 bits per heavy atom. The highest BCUT2D eigenvalue weighted by atomic mass is 16.5. The molecule has 0 bridgehead atoms. The topological polar surface area (TPSA) is 59.3 Å². The van der Waals surface area contributed by atoms with Crippen LogP contribution in [0.2, 0.25) is 0 Å². The Morgan fingerprint density at radius 1 is 1.04 bits per heavy atom. The lowest BCUT2D eigenvalue weighted by Gasteiger charge is -2.40. The number of aromatic nitrogens is 1. The first kappa shape index (κ1) is 17.1. The van der Waals surface area contributed by atoms with Gasteiger partial charge in [-0.15, -0.1) is 0 Å². The van der Waals surface area contributed by atoms with Crippen LogP contribution in [0.4, 0.5) is 6.01 Å². The fourth-order valence-electron chi connectivity index (χ4n) is 3.61. The molecule has 0 saturated carbocycles. The SMILES string of the molecule is C[C@@H](NC1(CNc2nc3ccccc3o2)CCOCC1)c1ccccc1. The van der Waals surface area contributed by atoms with Crippen LogP contribution in [0.5, 0.6) is 0 Å². The molecule has 0 unspecified atom stereocenters. The van der Waals surface area contributed by atoms with Gasteiger partial charge in [0, 0.05) is 31.3 Å². The minimum Gasteiger partial charge on any atom is -0.424 e. The van der Waals surface area contributed by atoms with Crippen molar-refractivity contribution in [2.45, 2.75) is 31.3 Å². The molecule has 1 aliphatic heterocycles. The van der Waals surface area contributed by atoms with E-state index in [0.717, 1.165) is 43.7 Å². The maximum Gasteiger partial charge on any atom is 0.295 e. The number of nitrogens with zero attached hydrogens (tertiary/aromatic N) is 1. The van der Waals surface area contributed by atoms with E-state index in [9.17, 15) is 0 Å². The van der Waals surface area contributed by atoms with Gasteiger partial charge in [-0.05, 0) is 37.5 Å². The summed E-state index contributed by atoms with van der Waals surface area (Å²) >= 11 is 0. The average Bonchev–Trinajstić information content (AvgIpc) is 3.11. The van der Waals surface area contributed by atoms with Gasteiger partial charge in [0.25, 0.3) is 6.01 Å². The monoisotopic (exact) mass is 351 g/mol. The van der Waals surface area contributed by atoms with E-state index >= 15 is 0 Å². The quantitative estimate of drug-likeness (QED) is 0.699. The number of hydrogen-bond acceptors (Lipinski definition) is 5. The van der Waals surface area contributed by atoms with Crippen LogP contribution in [0.3, 0.4) is 0 Å². The van der Waals surface area contributed by atoms with Gasteiger partial charge in [-0.3, -0.25) is 0 Å². The summed E-state index contributed by atoms with van der Waals surface area (Å²) < 4.78 is 11.4. The van der Waals surface area contributed by atoms with Crippen LogP contribution in [0.25, 0.3) is 11.1 Å². The van der Waals surface area contributed by atoms with Crippen LogP contribution in [-0.2, 0) is 4.74 Å². The highest BCUT2D eigenvalue weighted by Gasteiger charge is 2.34. The summed E-state index contributed by atoms with van der Waals surface area (Å²) in [7, 11) is 0. The summed E-state index contributed by atoms with van der Waals surface area (Å²) in [5.74, 6) is 0. The van der Waals surface area contributed by atoms with Gasteiger partial charge in [0.2, 0.25) is 0 Å². The molecule has 0 aliphatic carbocycles. The van der Waals surface area contributed by atoms with Crippen molar-refractivity contribution in [2.24, 2.45) is 0 Å². The van der Waals surface area contributed by atoms with Gasteiger partial charge in [0.15, 0.2) is 5.58 Å². The van der Waals surface area contributed by atoms with E-state index in [0.29, 0.717) is 6.01 Å². The first-order valence-electron chi connectivity index (χ1n) is 9.24.